The van der Waals surface area contributed by atoms with Crippen LogP contribution in [0.4, 0.5) is 11.4 Å². The lowest BCUT2D eigenvalue weighted by molar-refractivity contribution is -0.384. The van der Waals surface area contributed by atoms with Gasteiger partial charge in [-0.3, -0.25) is 14.9 Å². The standard InChI is InChI=1S/C16H16N2O6/c1-9-10(2)24-11(3)15(9)16(20)23-8-14(19)17-12-5-4-6-13(7-12)18(21)22/h4-7H,8H2,1-3H3,(H,17,19). The highest BCUT2D eigenvalue weighted by Gasteiger charge is 2.20. The molecule has 1 aromatic heterocycles. The molecule has 24 heavy (non-hydrogen) atoms. The molecule has 0 aliphatic rings. The monoisotopic (exact) mass is 332 g/mol. The Labute approximate surface area is 137 Å². The molecule has 0 unspecified atom stereocenters. The molecule has 0 saturated carbocycles. The predicted octanol–water partition coefficient (Wildman–Crippen LogP) is 2.91. The zero-order valence-corrected chi connectivity index (χ0v) is 13.4. The maximum absolute atomic E-state index is 12.0. The molecule has 126 valence electrons. The maximum atomic E-state index is 12.0. The number of benzene rings is 1. The number of nitrogens with one attached hydrogen (secondary N) is 1. The Balaban J connectivity index is 1.97. The van der Waals surface area contributed by atoms with Crippen LogP contribution in [0.1, 0.15) is 27.4 Å². The van der Waals surface area contributed by atoms with E-state index in [2.05, 4.69) is 5.32 Å². The van der Waals surface area contributed by atoms with Crippen molar-refractivity contribution in [1.82, 2.24) is 0 Å². The van der Waals surface area contributed by atoms with E-state index in [0.29, 0.717) is 22.6 Å². The molecule has 0 aliphatic heterocycles. The molecule has 2 aromatic rings. The number of amides is 1. The number of rotatable bonds is 5. The molecule has 0 fully saturated rings. The van der Waals surface area contributed by atoms with E-state index in [-0.39, 0.29) is 11.4 Å². The van der Waals surface area contributed by atoms with E-state index in [4.69, 9.17) is 9.15 Å². The highest BCUT2D eigenvalue weighted by atomic mass is 16.6. The first-order valence-corrected chi connectivity index (χ1v) is 7.07. The molecule has 0 bridgehead atoms. The van der Waals surface area contributed by atoms with Gasteiger partial charge < -0.3 is 14.5 Å². The van der Waals surface area contributed by atoms with E-state index < -0.39 is 23.4 Å². The number of non-ortho nitro benzene ring substituents is 1. The summed E-state index contributed by atoms with van der Waals surface area (Å²) in [5.41, 5.74) is 1.06. The maximum Gasteiger partial charge on any atom is 0.342 e. The average molecular weight is 332 g/mol. The van der Waals surface area contributed by atoms with Crippen molar-refractivity contribution in [3.8, 4) is 0 Å². The molecule has 0 spiro atoms. The second kappa shape index (κ2) is 6.95. The first-order valence-electron chi connectivity index (χ1n) is 7.07. The zero-order valence-electron chi connectivity index (χ0n) is 13.4. The Morgan fingerprint density at radius 1 is 1.25 bits per heavy atom. The van der Waals surface area contributed by atoms with Crippen molar-refractivity contribution in [2.24, 2.45) is 0 Å². The third-order valence-electron chi connectivity index (χ3n) is 3.44. The number of esters is 1. The molecule has 0 saturated heterocycles. The van der Waals surface area contributed by atoms with Crippen LogP contribution in [0.15, 0.2) is 28.7 Å². The third-order valence-corrected chi connectivity index (χ3v) is 3.44. The normalized spacial score (nSPS) is 10.3. The first-order chi connectivity index (χ1) is 11.3. The van der Waals surface area contributed by atoms with Crippen LogP contribution in [0.2, 0.25) is 0 Å². The predicted molar refractivity (Wildman–Crippen MR) is 84.9 cm³/mol. The van der Waals surface area contributed by atoms with Gasteiger partial charge in [0.05, 0.1) is 4.92 Å². The number of furan rings is 1. The van der Waals surface area contributed by atoms with Gasteiger partial charge in [-0.25, -0.2) is 4.79 Å². The van der Waals surface area contributed by atoms with Gasteiger partial charge >= 0.3 is 5.97 Å². The van der Waals surface area contributed by atoms with E-state index >= 15 is 0 Å². The Bertz CT molecular complexity index is 809. The lowest BCUT2D eigenvalue weighted by atomic mass is 10.1. The van der Waals surface area contributed by atoms with Crippen molar-refractivity contribution in [2.45, 2.75) is 20.8 Å². The first kappa shape index (κ1) is 17.2. The number of nitrogens with zero attached hydrogens (tertiary/aromatic N) is 1. The van der Waals surface area contributed by atoms with Crippen LogP contribution in [0.5, 0.6) is 0 Å². The molecule has 1 aromatic carbocycles. The topological polar surface area (TPSA) is 112 Å². The Kier molecular flexibility index (Phi) is 4.98. The molecule has 1 N–H and O–H groups in total. The van der Waals surface area contributed by atoms with E-state index in [1.54, 1.807) is 20.8 Å². The molecule has 8 nitrogen and oxygen atoms in total. The number of carbonyl (C=O) groups excluding carboxylic acids is 2. The third kappa shape index (κ3) is 3.78. The Morgan fingerprint density at radius 2 is 1.96 bits per heavy atom. The van der Waals surface area contributed by atoms with Crippen LogP contribution < -0.4 is 5.32 Å². The van der Waals surface area contributed by atoms with E-state index in [9.17, 15) is 19.7 Å². The summed E-state index contributed by atoms with van der Waals surface area (Å²) in [7, 11) is 0. The van der Waals surface area contributed by atoms with Gasteiger partial charge in [-0.15, -0.1) is 0 Å². The minimum atomic E-state index is -0.656. The second-order valence-corrected chi connectivity index (χ2v) is 5.15. The molecular weight excluding hydrogens is 316 g/mol. The fraction of sp³-hybridized carbons (Fsp3) is 0.250. The molecule has 1 amide bonds. The summed E-state index contributed by atoms with van der Waals surface area (Å²) in [5, 5.41) is 13.1. The summed E-state index contributed by atoms with van der Waals surface area (Å²) in [6.07, 6.45) is 0. The van der Waals surface area contributed by atoms with Crippen LogP contribution in [-0.4, -0.2) is 23.4 Å². The number of ether oxygens (including phenoxy) is 1. The number of hydrogen-bond donors (Lipinski definition) is 1. The summed E-state index contributed by atoms with van der Waals surface area (Å²) in [4.78, 5) is 34.0. The lowest BCUT2D eigenvalue weighted by Crippen LogP contribution is -2.21. The molecule has 1 heterocycles. The van der Waals surface area contributed by atoms with Crippen LogP contribution >= 0.6 is 0 Å². The minimum Gasteiger partial charge on any atom is -0.465 e. The quantitative estimate of drug-likeness (QED) is 0.512. The summed E-state index contributed by atoms with van der Waals surface area (Å²) >= 11 is 0. The minimum absolute atomic E-state index is 0.148. The summed E-state index contributed by atoms with van der Waals surface area (Å²) in [5.74, 6) is -0.218. The number of aryl methyl sites for hydroxylation is 2. The Hall–Kier alpha value is -3.16. The van der Waals surface area contributed by atoms with Crippen LogP contribution in [0.25, 0.3) is 0 Å². The Morgan fingerprint density at radius 3 is 2.54 bits per heavy atom. The van der Waals surface area contributed by atoms with Crippen molar-refractivity contribution < 1.29 is 23.7 Å². The second-order valence-electron chi connectivity index (χ2n) is 5.15. The number of carbonyl (C=O) groups is 2. The van der Waals surface area contributed by atoms with Crippen LogP contribution in [-0.2, 0) is 9.53 Å². The highest BCUT2D eigenvalue weighted by Crippen LogP contribution is 2.21. The molecule has 8 heteroatoms. The van der Waals surface area contributed by atoms with Crippen molar-refractivity contribution in [1.29, 1.82) is 0 Å². The molecule has 0 radical (unpaired) electrons. The van der Waals surface area contributed by atoms with Gasteiger partial charge in [0.1, 0.15) is 17.1 Å². The molecule has 2 rings (SSSR count). The average Bonchev–Trinajstić information content (AvgIpc) is 2.78. The smallest absolute Gasteiger partial charge is 0.342 e. The van der Waals surface area contributed by atoms with E-state index in [1.807, 2.05) is 0 Å². The highest BCUT2D eigenvalue weighted by molar-refractivity contribution is 5.96. The van der Waals surface area contributed by atoms with Gasteiger partial charge in [0.25, 0.3) is 11.6 Å². The van der Waals surface area contributed by atoms with Crippen molar-refractivity contribution >= 4 is 23.3 Å². The van der Waals surface area contributed by atoms with Crippen molar-refractivity contribution in [2.75, 3.05) is 11.9 Å². The number of hydrogen-bond acceptors (Lipinski definition) is 6. The van der Waals surface area contributed by atoms with Gasteiger partial charge in [-0.2, -0.15) is 0 Å². The van der Waals surface area contributed by atoms with Gasteiger partial charge in [-0.05, 0) is 26.8 Å². The summed E-state index contributed by atoms with van der Waals surface area (Å²) < 4.78 is 10.3. The number of nitro groups is 1. The SMILES string of the molecule is Cc1oc(C)c(C(=O)OCC(=O)Nc2cccc([N+](=O)[O-])c2)c1C. The fourth-order valence-corrected chi connectivity index (χ4v) is 2.19. The van der Waals surface area contributed by atoms with Gasteiger partial charge in [0.2, 0.25) is 0 Å². The number of nitro benzene ring substituents is 1. The molecule has 0 aliphatic carbocycles. The zero-order chi connectivity index (χ0) is 17.9. The van der Waals surface area contributed by atoms with Crippen LogP contribution in [0, 0.1) is 30.9 Å². The molecule has 0 atom stereocenters. The van der Waals surface area contributed by atoms with Crippen molar-refractivity contribution in [3.05, 3.63) is 57.0 Å². The van der Waals surface area contributed by atoms with Crippen LogP contribution in [0.3, 0.4) is 0 Å². The number of anilines is 1. The van der Waals surface area contributed by atoms with E-state index in [1.165, 1.54) is 24.3 Å². The van der Waals surface area contributed by atoms with Gasteiger partial charge in [-0.1, -0.05) is 6.07 Å². The van der Waals surface area contributed by atoms with Gasteiger partial charge in [0.15, 0.2) is 6.61 Å². The summed E-state index contributed by atoms with van der Waals surface area (Å²) in [6.45, 7) is 4.59. The van der Waals surface area contributed by atoms with Crippen molar-refractivity contribution in [3.63, 3.8) is 0 Å². The summed E-state index contributed by atoms with van der Waals surface area (Å²) in [6, 6.07) is 5.47. The largest absolute Gasteiger partial charge is 0.465 e. The fourth-order valence-electron chi connectivity index (χ4n) is 2.19. The lowest BCUT2D eigenvalue weighted by Gasteiger charge is -2.06. The van der Waals surface area contributed by atoms with Gasteiger partial charge in [0, 0.05) is 23.4 Å². The molecular formula is C16H16N2O6. The van der Waals surface area contributed by atoms with E-state index in [0.717, 1.165) is 0 Å².